The zero-order chi connectivity index (χ0) is 22.1. The molecule has 0 heterocycles. The zero-order valence-electron chi connectivity index (χ0n) is 17.9. The van der Waals surface area contributed by atoms with Crippen molar-refractivity contribution in [3.05, 3.63) is 70.8 Å². The van der Waals surface area contributed by atoms with Crippen molar-refractivity contribution in [3.63, 3.8) is 0 Å². The second-order valence-corrected chi connectivity index (χ2v) is 9.04. The van der Waals surface area contributed by atoms with Gasteiger partial charge in [-0.15, -0.1) is 0 Å². The molecular formula is C24H28N2O3S. The summed E-state index contributed by atoms with van der Waals surface area (Å²) in [5.74, 6) is -0.0372. The molecular weight excluding hydrogens is 396 g/mol. The van der Waals surface area contributed by atoms with Crippen LogP contribution in [0.25, 0.3) is 0 Å². The monoisotopic (exact) mass is 424 g/mol. The van der Waals surface area contributed by atoms with Crippen LogP contribution in [-0.2, 0) is 21.6 Å². The molecule has 0 aromatic heterocycles. The number of ether oxygens (including phenoxy) is 1. The SMILES string of the molecule is CSCCC(NC(=O)c1ccc(C(C)(C)C)cc1)C(=O)OCc1ccc(C#N)cc1. The molecule has 0 aliphatic heterocycles. The maximum absolute atomic E-state index is 12.7. The van der Waals surface area contributed by atoms with Crippen LogP contribution in [0, 0.1) is 11.3 Å². The Hall–Kier alpha value is -2.78. The summed E-state index contributed by atoms with van der Waals surface area (Å²) < 4.78 is 5.42. The van der Waals surface area contributed by atoms with E-state index in [4.69, 9.17) is 10.00 Å². The van der Waals surface area contributed by atoms with Crippen LogP contribution in [0.5, 0.6) is 0 Å². The van der Waals surface area contributed by atoms with Crippen molar-refractivity contribution in [3.8, 4) is 6.07 Å². The lowest BCUT2D eigenvalue weighted by atomic mass is 9.86. The number of thioether (sulfide) groups is 1. The molecule has 0 saturated carbocycles. The molecule has 2 rings (SSSR count). The third kappa shape index (κ3) is 6.93. The molecule has 1 amide bonds. The lowest BCUT2D eigenvalue weighted by molar-refractivity contribution is -0.147. The average Bonchev–Trinajstić information content (AvgIpc) is 2.74. The smallest absolute Gasteiger partial charge is 0.329 e. The highest BCUT2D eigenvalue weighted by Crippen LogP contribution is 2.22. The maximum Gasteiger partial charge on any atom is 0.329 e. The highest BCUT2D eigenvalue weighted by atomic mass is 32.2. The molecule has 158 valence electrons. The number of carbonyl (C=O) groups excluding carboxylic acids is 2. The highest BCUT2D eigenvalue weighted by Gasteiger charge is 2.23. The van der Waals surface area contributed by atoms with Gasteiger partial charge in [0.2, 0.25) is 0 Å². The van der Waals surface area contributed by atoms with Crippen molar-refractivity contribution in [2.75, 3.05) is 12.0 Å². The van der Waals surface area contributed by atoms with Crippen molar-refractivity contribution < 1.29 is 14.3 Å². The lowest BCUT2D eigenvalue weighted by Crippen LogP contribution is -2.42. The summed E-state index contributed by atoms with van der Waals surface area (Å²) in [5, 5.41) is 11.7. The molecule has 2 aromatic carbocycles. The van der Waals surface area contributed by atoms with Gasteiger partial charge < -0.3 is 10.1 Å². The van der Waals surface area contributed by atoms with E-state index in [1.54, 1.807) is 48.2 Å². The summed E-state index contributed by atoms with van der Waals surface area (Å²) >= 11 is 1.60. The Morgan fingerprint density at radius 1 is 1.10 bits per heavy atom. The van der Waals surface area contributed by atoms with Crippen LogP contribution in [0.15, 0.2) is 48.5 Å². The first kappa shape index (κ1) is 23.5. The van der Waals surface area contributed by atoms with Crippen molar-refractivity contribution in [1.29, 1.82) is 5.26 Å². The fourth-order valence-corrected chi connectivity index (χ4v) is 3.25. The second kappa shape index (κ2) is 10.8. The van der Waals surface area contributed by atoms with Gasteiger partial charge in [-0.2, -0.15) is 17.0 Å². The first-order valence-electron chi connectivity index (χ1n) is 9.80. The Balaban J connectivity index is 2.01. The van der Waals surface area contributed by atoms with E-state index in [2.05, 4.69) is 32.2 Å². The van der Waals surface area contributed by atoms with Gasteiger partial charge in [-0.3, -0.25) is 4.79 Å². The van der Waals surface area contributed by atoms with Crippen LogP contribution in [0.1, 0.15) is 54.2 Å². The zero-order valence-corrected chi connectivity index (χ0v) is 18.7. The van der Waals surface area contributed by atoms with Crippen LogP contribution < -0.4 is 5.32 Å². The molecule has 1 N–H and O–H groups in total. The Kier molecular flexibility index (Phi) is 8.49. The molecule has 5 nitrogen and oxygen atoms in total. The normalized spacial score (nSPS) is 12.0. The molecule has 0 saturated heterocycles. The number of carbonyl (C=O) groups is 2. The third-order valence-corrected chi connectivity index (χ3v) is 5.32. The lowest BCUT2D eigenvalue weighted by Gasteiger charge is -2.20. The number of hydrogen-bond acceptors (Lipinski definition) is 5. The topological polar surface area (TPSA) is 79.2 Å². The molecule has 2 aromatic rings. The largest absolute Gasteiger partial charge is 0.459 e. The number of nitrogens with one attached hydrogen (secondary N) is 1. The Bertz CT molecular complexity index is 894. The summed E-state index contributed by atoms with van der Waals surface area (Å²) in [5.41, 5.74) is 2.99. The minimum absolute atomic E-state index is 0.00510. The molecule has 0 fully saturated rings. The number of rotatable bonds is 8. The van der Waals surface area contributed by atoms with E-state index in [-0.39, 0.29) is 17.9 Å². The number of hydrogen-bond donors (Lipinski definition) is 1. The fourth-order valence-electron chi connectivity index (χ4n) is 2.78. The van der Waals surface area contributed by atoms with E-state index < -0.39 is 12.0 Å². The van der Waals surface area contributed by atoms with Crippen molar-refractivity contribution in [1.82, 2.24) is 5.32 Å². The van der Waals surface area contributed by atoms with Crippen LogP contribution in [0.4, 0.5) is 0 Å². The first-order chi connectivity index (χ1) is 14.2. The molecule has 0 aliphatic carbocycles. The summed E-state index contributed by atoms with van der Waals surface area (Å²) in [7, 11) is 0. The van der Waals surface area contributed by atoms with Crippen LogP contribution in [0.3, 0.4) is 0 Å². The number of nitrogens with zero attached hydrogens (tertiary/aromatic N) is 1. The maximum atomic E-state index is 12.7. The van der Waals surface area contributed by atoms with E-state index in [0.717, 1.165) is 16.9 Å². The van der Waals surface area contributed by atoms with Gasteiger partial charge >= 0.3 is 5.97 Å². The van der Waals surface area contributed by atoms with Gasteiger partial charge in [-0.1, -0.05) is 45.0 Å². The Morgan fingerprint density at radius 2 is 1.73 bits per heavy atom. The summed E-state index contributed by atoms with van der Waals surface area (Å²) in [6, 6.07) is 15.6. The average molecular weight is 425 g/mol. The van der Waals surface area contributed by atoms with E-state index in [9.17, 15) is 9.59 Å². The third-order valence-electron chi connectivity index (χ3n) is 4.68. The van der Waals surface area contributed by atoms with Crippen LogP contribution in [-0.4, -0.2) is 29.9 Å². The fraction of sp³-hybridized carbons (Fsp3) is 0.375. The van der Waals surface area contributed by atoms with E-state index in [1.165, 1.54) is 0 Å². The molecule has 0 bridgehead atoms. The van der Waals surface area contributed by atoms with Gasteiger partial charge in [-0.25, -0.2) is 4.79 Å². The van der Waals surface area contributed by atoms with Gasteiger partial charge in [0, 0.05) is 5.56 Å². The van der Waals surface area contributed by atoms with Gasteiger partial charge in [0.05, 0.1) is 11.6 Å². The summed E-state index contributed by atoms with van der Waals surface area (Å²) in [6.45, 7) is 6.44. The number of esters is 1. The first-order valence-corrected chi connectivity index (χ1v) is 11.2. The molecule has 0 radical (unpaired) electrons. The minimum Gasteiger partial charge on any atom is -0.459 e. The predicted molar refractivity (Wildman–Crippen MR) is 120 cm³/mol. The van der Waals surface area contributed by atoms with Crippen molar-refractivity contribution >= 4 is 23.6 Å². The van der Waals surface area contributed by atoms with E-state index in [0.29, 0.717) is 17.5 Å². The van der Waals surface area contributed by atoms with Gasteiger partial charge in [0.15, 0.2) is 0 Å². The predicted octanol–water partition coefficient (Wildman–Crippen LogP) is 4.45. The summed E-state index contributed by atoms with van der Waals surface area (Å²) in [4.78, 5) is 25.3. The quantitative estimate of drug-likeness (QED) is 0.633. The Labute approximate surface area is 182 Å². The number of nitriles is 1. The van der Waals surface area contributed by atoms with Crippen molar-refractivity contribution in [2.45, 2.75) is 45.3 Å². The molecule has 1 atom stereocenters. The van der Waals surface area contributed by atoms with Crippen LogP contribution in [0.2, 0.25) is 0 Å². The van der Waals surface area contributed by atoms with Gasteiger partial charge in [0.1, 0.15) is 12.6 Å². The highest BCUT2D eigenvalue weighted by molar-refractivity contribution is 7.98. The molecule has 0 aliphatic rings. The van der Waals surface area contributed by atoms with Crippen molar-refractivity contribution in [2.24, 2.45) is 0 Å². The molecule has 0 spiro atoms. The van der Waals surface area contributed by atoms with Gasteiger partial charge in [0.25, 0.3) is 5.91 Å². The number of benzene rings is 2. The second-order valence-electron chi connectivity index (χ2n) is 8.05. The molecule has 6 heteroatoms. The molecule has 1 unspecified atom stereocenters. The molecule has 30 heavy (non-hydrogen) atoms. The minimum atomic E-state index is -0.717. The van der Waals surface area contributed by atoms with E-state index in [1.807, 2.05) is 18.4 Å². The van der Waals surface area contributed by atoms with Gasteiger partial charge in [-0.05, 0) is 59.2 Å². The van der Waals surface area contributed by atoms with E-state index >= 15 is 0 Å². The Morgan fingerprint density at radius 3 is 2.27 bits per heavy atom. The summed E-state index contributed by atoms with van der Waals surface area (Å²) in [6.07, 6.45) is 2.44. The van der Waals surface area contributed by atoms with Crippen LogP contribution >= 0.6 is 11.8 Å². The number of amides is 1. The standard InChI is InChI=1S/C24H28N2O3S/c1-24(2,3)20-11-9-19(10-12-20)22(27)26-21(13-14-30-4)23(28)29-16-18-7-5-17(15-25)6-8-18/h5-12,21H,13-14,16H2,1-4H3,(H,26,27).